The Hall–Kier alpha value is -2.13. The maximum Gasteiger partial charge on any atom is 0.246 e. The highest BCUT2D eigenvalue weighted by Crippen LogP contribution is 2.29. The van der Waals surface area contributed by atoms with Crippen molar-refractivity contribution in [2.24, 2.45) is 0 Å². The Morgan fingerprint density at radius 1 is 0.944 bits per heavy atom. The van der Waals surface area contributed by atoms with Crippen LogP contribution in [0.25, 0.3) is 33.2 Å². The summed E-state index contributed by atoms with van der Waals surface area (Å²) in [4.78, 5) is 9.06. The van der Waals surface area contributed by atoms with Crippen LogP contribution >= 0.6 is 11.6 Å². The SMILES string of the molecule is Clc1ccc2oc3nc4ccccc4nc3c2c1. The predicted molar refractivity (Wildman–Crippen MR) is 71.8 cm³/mol. The van der Waals surface area contributed by atoms with E-state index in [0.717, 1.165) is 27.5 Å². The van der Waals surface area contributed by atoms with Gasteiger partial charge in [0, 0.05) is 5.02 Å². The molecule has 3 nitrogen and oxygen atoms in total. The topological polar surface area (TPSA) is 38.9 Å². The average molecular weight is 255 g/mol. The molecule has 0 amide bonds. The molecule has 0 aliphatic rings. The van der Waals surface area contributed by atoms with Gasteiger partial charge in [-0.25, -0.2) is 9.97 Å². The van der Waals surface area contributed by atoms with Gasteiger partial charge in [0.05, 0.1) is 16.4 Å². The Kier molecular flexibility index (Phi) is 1.88. The van der Waals surface area contributed by atoms with Crippen LogP contribution in [0, 0.1) is 0 Å². The highest BCUT2D eigenvalue weighted by Gasteiger charge is 2.11. The summed E-state index contributed by atoms with van der Waals surface area (Å²) in [5.41, 5.74) is 3.74. The summed E-state index contributed by atoms with van der Waals surface area (Å²) < 4.78 is 5.68. The van der Waals surface area contributed by atoms with Gasteiger partial charge in [0.15, 0.2) is 0 Å². The van der Waals surface area contributed by atoms with Gasteiger partial charge in [-0.1, -0.05) is 23.7 Å². The fourth-order valence-corrected chi connectivity index (χ4v) is 2.28. The molecular formula is C14H7ClN2O. The molecule has 0 spiro atoms. The smallest absolute Gasteiger partial charge is 0.246 e. The number of rotatable bonds is 0. The number of aromatic nitrogens is 2. The standard InChI is InChI=1S/C14H7ClN2O/c15-8-5-6-12-9(7-8)13-14(18-12)17-11-4-2-1-3-10(11)16-13/h1-7H. The molecule has 0 unspecified atom stereocenters. The molecule has 0 aliphatic heterocycles. The maximum absolute atomic E-state index is 6.00. The molecule has 2 aromatic heterocycles. The van der Waals surface area contributed by atoms with Gasteiger partial charge in [-0.3, -0.25) is 0 Å². The van der Waals surface area contributed by atoms with E-state index in [2.05, 4.69) is 9.97 Å². The number of fused-ring (bicyclic) bond motifs is 4. The van der Waals surface area contributed by atoms with Gasteiger partial charge in [-0.2, -0.15) is 0 Å². The lowest BCUT2D eigenvalue weighted by Crippen LogP contribution is -1.83. The molecule has 2 aromatic carbocycles. The van der Waals surface area contributed by atoms with Crippen LogP contribution in [-0.2, 0) is 0 Å². The van der Waals surface area contributed by atoms with Crippen LogP contribution in [0.1, 0.15) is 0 Å². The van der Waals surface area contributed by atoms with Gasteiger partial charge in [0.25, 0.3) is 0 Å². The minimum Gasteiger partial charge on any atom is -0.436 e. The zero-order valence-electron chi connectivity index (χ0n) is 9.22. The molecular weight excluding hydrogens is 248 g/mol. The summed E-state index contributed by atoms with van der Waals surface area (Å²) >= 11 is 6.00. The summed E-state index contributed by atoms with van der Waals surface area (Å²) in [6, 6.07) is 13.2. The highest BCUT2D eigenvalue weighted by atomic mass is 35.5. The van der Waals surface area contributed by atoms with Crippen LogP contribution in [0.15, 0.2) is 46.9 Å². The van der Waals surface area contributed by atoms with E-state index < -0.39 is 0 Å². The number of benzene rings is 2. The predicted octanol–water partition coefficient (Wildman–Crippen LogP) is 4.18. The fourth-order valence-electron chi connectivity index (χ4n) is 2.11. The van der Waals surface area contributed by atoms with E-state index in [9.17, 15) is 0 Å². The second-order valence-corrected chi connectivity index (χ2v) is 4.55. The summed E-state index contributed by atoms with van der Waals surface area (Å²) in [6.45, 7) is 0. The van der Waals surface area contributed by atoms with Crippen molar-refractivity contribution < 1.29 is 4.42 Å². The first kappa shape index (κ1) is 9.85. The van der Waals surface area contributed by atoms with Gasteiger partial charge in [0.1, 0.15) is 11.1 Å². The number of furan rings is 1. The monoisotopic (exact) mass is 254 g/mol. The first-order valence-electron chi connectivity index (χ1n) is 5.56. The fraction of sp³-hybridized carbons (Fsp3) is 0. The van der Waals surface area contributed by atoms with Crippen molar-refractivity contribution in [1.82, 2.24) is 9.97 Å². The van der Waals surface area contributed by atoms with E-state index in [0.29, 0.717) is 10.7 Å². The van der Waals surface area contributed by atoms with Crippen LogP contribution in [-0.4, -0.2) is 9.97 Å². The van der Waals surface area contributed by atoms with Crippen molar-refractivity contribution in [3.05, 3.63) is 47.5 Å². The molecule has 0 saturated heterocycles. The molecule has 0 fully saturated rings. The lowest BCUT2D eigenvalue weighted by molar-refractivity contribution is 0.655. The molecule has 0 N–H and O–H groups in total. The minimum atomic E-state index is 0.547. The first-order chi connectivity index (χ1) is 8.81. The van der Waals surface area contributed by atoms with Crippen LogP contribution in [0.2, 0.25) is 5.02 Å². The van der Waals surface area contributed by atoms with Crippen LogP contribution < -0.4 is 0 Å². The number of nitrogens with zero attached hydrogens (tertiary/aromatic N) is 2. The summed E-state index contributed by atoms with van der Waals surface area (Å²) in [5, 5.41) is 1.57. The molecule has 4 aromatic rings. The van der Waals surface area contributed by atoms with Crippen LogP contribution in [0.5, 0.6) is 0 Å². The lowest BCUT2D eigenvalue weighted by atomic mass is 10.2. The molecule has 0 bridgehead atoms. The molecule has 4 heteroatoms. The largest absolute Gasteiger partial charge is 0.436 e. The Balaban J connectivity index is 2.25. The van der Waals surface area contributed by atoms with Crippen molar-refractivity contribution in [3.63, 3.8) is 0 Å². The van der Waals surface area contributed by atoms with Gasteiger partial charge in [-0.05, 0) is 30.3 Å². The average Bonchev–Trinajstić information content (AvgIpc) is 2.73. The molecule has 18 heavy (non-hydrogen) atoms. The Bertz CT molecular complexity index is 898. The van der Waals surface area contributed by atoms with Crippen LogP contribution in [0.4, 0.5) is 0 Å². The molecule has 2 heterocycles. The summed E-state index contributed by atoms with van der Waals surface area (Å²) in [7, 11) is 0. The van der Waals surface area contributed by atoms with E-state index in [1.807, 2.05) is 36.4 Å². The molecule has 0 saturated carbocycles. The third kappa shape index (κ3) is 1.31. The second-order valence-electron chi connectivity index (χ2n) is 4.11. The van der Waals surface area contributed by atoms with Crippen LogP contribution in [0.3, 0.4) is 0 Å². The number of para-hydroxylation sites is 2. The van der Waals surface area contributed by atoms with E-state index in [1.165, 1.54) is 0 Å². The third-order valence-electron chi connectivity index (χ3n) is 2.94. The highest BCUT2D eigenvalue weighted by molar-refractivity contribution is 6.31. The summed E-state index contributed by atoms with van der Waals surface area (Å²) in [6.07, 6.45) is 0. The number of halogens is 1. The minimum absolute atomic E-state index is 0.547. The molecule has 0 aliphatic carbocycles. The van der Waals surface area contributed by atoms with Crippen molar-refractivity contribution in [2.45, 2.75) is 0 Å². The summed E-state index contributed by atoms with van der Waals surface area (Å²) in [5.74, 6) is 0. The quantitative estimate of drug-likeness (QED) is 0.472. The number of hydrogen-bond donors (Lipinski definition) is 0. The lowest BCUT2D eigenvalue weighted by Gasteiger charge is -1.95. The second kappa shape index (κ2) is 3.43. The molecule has 86 valence electrons. The normalized spacial score (nSPS) is 11.6. The van der Waals surface area contributed by atoms with E-state index in [1.54, 1.807) is 6.07 Å². The molecule has 0 atom stereocenters. The molecule has 4 rings (SSSR count). The zero-order valence-corrected chi connectivity index (χ0v) is 9.98. The Morgan fingerprint density at radius 2 is 1.72 bits per heavy atom. The Morgan fingerprint density at radius 3 is 2.56 bits per heavy atom. The third-order valence-corrected chi connectivity index (χ3v) is 3.18. The van der Waals surface area contributed by atoms with E-state index in [4.69, 9.17) is 16.0 Å². The Labute approximate surface area is 107 Å². The number of hydrogen-bond acceptors (Lipinski definition) is 3. The van der Waals surface area contributed by atoms with E-state index in [-0.39, 0.29) is 0 Å². The van der Waals surface area contributed by atoms with Gasteiger partial charge >= 0.3 is 0 Å². The zero-order chi connectivity index (χ0) is 12.1. The van der Waals surface area contributed by atoms with Gasteiger partial charge in [-0.15, -0.1) is 0 Å². The van der Waals surface area contributed by atoms with Crippen molar-refractivity contribution >= 4 is 44.8 Å². The van der Waals surface area contributed by atoms with Crippen molar-refractivity contribution in [3.8, 4) is 0 Å². The van der Waals surface area contributed by atoms with Crippen molar-refractivity contribution in [1.29, 1.82) is 0 Å². The van der Waals surface area contributed by atoms with Gasteiger partial charge in [0.2, 0.25) is 5.71 Å². The first-order valence-corrected chi connectivity index (χ1v) is 5.94. The molecule has 0 radical (unpaired) electrons. The van der Waals surface area contributed by atoms with E-state index >= 15 is 0 Å². The maximum atomic E-state index is 6.00. The van der Waals surface area contributed by atoms with Gasteiger partial charge < -0.3 is 4.42 Å². The van der Waals surface area contributed by atoms with Crippen molar-refractivity contribution in [2.75, 3.05) is 0 Å².